The van der Waals surface area contributed by atoms with E-state index in [-0.39, 0.29) is 5.91 Å². The van der Waals surface area contributed by atoms with Gasteiger partial charge in [-0.3, -0.25) is 9.78 Å². The van der Waals surface area contributed by atoms with Crippen LogP contribution in [0.25, 0.3) is 0 Å². The van der Waals surface area contributed by atoms with Crippen molar-refractivity contribution in [1.82, 2.24) is 10.3 Å². The van der Waals surface area contributed by atoms with Crippen molar-refractivity contribution in [3.05, 3.63) is 59.4 Å². The monoisotopic (exact) mass is 304 g/mol. The molecule has 0 aliphatic rings. The Morgan fingerprint density at radius 2 is 2.14 bits per heavy atom. The van der Waals surface area contributed by atoms with Gasteiger partial charge in [-0.1, -0.05) is 29.8 Å². The number of nitrogens with one attached hydrogen (secondary N) is 1. The van der Waals surface area contributed by atoms with Crippen LogP contribution in [-0.2, 0) is 11.2 Å². The number of rotatable bonds is 6. The maximum atomic E-state index is 12.0. The van der Waals surface area contributed by atoms with Crippen molar-refractivity contribution in [2.45, 2.75) is 19.4 Å². The number of para-hydroxylation sites is 1. The summed E-state index contributed by atoms with van der Waals surface area (Å²) in [7, 11) is 0. The SMILES string of the molecule is CC(Oc1ccccc1Cl)C(=O)NCCc1cccnc1. The van der Waals surface area contributed by atoms with Crippen LogP contribution < -0.4 is 10.1 Å². The predicted octanol–water partition coefficient (Wildman–Crippen LogP) is 2.86. The second kappa shape index (κ2) is 7.64. The lowest BCUT2D eigenvalue weighted by Gasteiger charge is -2.15. The number of ether oxygens (including phenoxy) is 1. The zero-order chi connectivity index (χ0) is 15.1. The number of amides is 1. The molecule has 1 atom stereocenters. The standard InChI is InChI=1S/C16H17ClN2O2/c1-12(21-15-7-3-2-6-14(15)17)16(20)19-10-8-13-5-4-9-18-11-13/h2-7,9,11-12H,8,10H2,1H3,(H,19,20). The fraction of sp³-hybridized carbons (Fsp3) is 0.250. The van der Waals surface area contributed by atoms with Gasteiger partial charge in [-0.05, 0) is 37.1 Å². The van der Waals surface area contributed by atoms with E-state index in [0.29, 0.717) is 17.3 Å². The molecule has 0 spiro atoms. The molecular formula is C16H17ClN2O2. The molecule has 1 aromatic carbocycles. The first kappa shape index (κ1) is 15.3. The molecule has 0 radical (unpaired) electrons. The summed E-state index contributed by atoms with van der Waals surface area (Å²) in [5.74, 6) is 0.341. The lowest BCUT2D eigenvalue weighted by molar-refractivity contribution is -0.127. The quantitative estimate of drug-likeness (QED) is 0.893. The Labute approximate surface area is 129 Å². The molecule has 1 amide bonds. The summed E-state index contributed by atoms with van der Waals surface area (Å²) < 4.78 is 5.55. The molecule has 110 valence electrons. The van der Waals surface area contributed by atoms with Gasteiger partial charge in [0, 0.05) is 18.9 Å². The van der Waals surface area contributed by atoms with E-state index in [1.165, 1.54) is 0 Å². The van der Waals surface area contributed by atoms with E-state index >= 15 is 0 Å². The van der Waals surface area contributed by atoms with E-state index in [2.05, 4.69) is 10.3 Å². The molecule has 4 nitrogen and oxygen atoms in total. The number of hydrogen-bond acceptors (Lipinski definition) is 3. The zero-order valence-electron chi connectivity index (χ0n) is 11.8. The van der Waals surface area contributed by atoms with Crippen LogP contribution in [0.5, 0.6) is 5.75 Å². The van der Waals surface area contributed by atoms with E-state index in [9.17, 15) is 4.79 Å². The predicted molar refractivity (Wildman–Crippen MR) is 82.5 cm³/mol. The first-order valence-electron chi connectivity index (χ1n) is 6.74. The minimum Gasteiger partial charge on any atom is -0.479 e. The molecular weight excluding hydrogens is 288 g/mol. The van der Waals surface area contributed by atoms with Crippen LogP contribution in [0.2, 0.25) is 5.02 Å². The summed E-state index contributed by atoms with van der Waals surface area (Å²) in [6.07, 6.45) is 3.65. The highest BCUT2D eigenvalue weighted by Crippen LogP contribution is 2.24. The van der Waals surface area contributed by atoms with Crippen LogP contribution in [0.15, 0.2) is 48.8 Å². The van der Waals surface area contributed by atoms with Gasteiger partial charge in [-0.15, -0.1) is 0 Å². The summed E-state index contributed by atoms with van der Waals surface area (Å²) in [6.45, 7) is 2.24. The van der Waals surface area contributed by atoms with E-state index in [0.717, 1.165) is 12.0 Å². The number of carbonyl (C=O) groups is 1. The Morgan fingerprint density at radius 1 is 1.33 bits per heavy atom. The molecule has 0 bridgehead atoms. The highest BCUT2D eigenvalue weighted by atomic mass is 35.5. The first-order valence-corrected chi connectivity index (χ1v) is 7.12. The van der Waals surface area contributed by atoms with Crippen molar-refractivity contribution in [2.24, 2.45) is 0 Å². The number of pyridine rings is 1. The third-order valence-corrected chi connectivity index (χ3v) is 3.26. The van der Waals surface area contributed by atoms with Crippen molar-refractivity contribution >= 4 is 17.5 Å². The number of aromatic nitrogens is 1. The molecule has 0 aliphatic heterocycles. The Kier molecular flexibility index (Phi) is 5.58. The molecule has 5 heteroatoms. The number of benzene rings is 1. The van der Waals surface area contributed by atoms with Gasteiger partial charge in [-0.2, -0.15) is 0 Å². The van der Waals surface area contributed by atoms with Gasteiger partial charge < -0.3 is 10.1 Å². The minimum atomic E-state index is -0.598. The number of hydrogen-bond donors (Lipinski definition) is 1. The summed E-state index contributed by atoms with van der Waals surface area (Å²) in [6, 6.07) is 10.9. The van der Waals surface area contributed by atoms with E-state index in [1.807, 2.05) is 24.3 Å². The van der Waals surface area contributed by atoms with Gasteiger partial charge in [0.2, 0.25) is 0 Å². The first-order chi connectivity index (χ1) is 10.2. The molecule has 0 fully saturated rings. The summed E-state index contributed by atoms with van der Waals surface area (Å²) in [4.78, 5) is 16.0. The minimum absolute atomic E-state index is 0.168. The van der Waals surface area contributed by atoms with Crippen LogP contribution in [0.4, 0.5) is 0 Å². The van der Waals surface area contributed by atoms with E-state index in [4.69, 9.17) is 16.3 Å². The smallest absolute Gasteiger partial charge is 0.260 e. The molecule has 2 aromatic rings. The second-order valence-corrected chi connectivity index (χ2v) is 5.00. The van der Waals surface area contributed by atoms with Crippen molar-refractivity contribution in [2.75, 3.05) is 6.54 Å². The Hall–Kier alpha value is -2.07. The van der Waals surface area contributed by atoms with Crippen LogP contribution >= 0.6 is 11.6 Å². The Morgan fingerprint density at radius 3 is 2.86 bits per heavy atom. The molecule has 0 saturated carbocycles. The van der Waals surface area contributed by atoms with Gasteiger partial charge in [0.1, 0.15) is 5.75 Å². The maximum Gasteiger partial charge on any atom is 0.260 e. The Bertz CT molecular complexity index is 590. The van der Waals surface area contributed by atoms with Gasteiger partial charge in [-0.25, -0.2) is 0 Å². The lowest BCUT2D eigenvalue weighted by Crippen LogP contribution is -2.37. The summed E-state index contributed by atoms with van der Waals surface area (Å²) >= 11 is 5.99. The molecule has 1 N–H and O–H groups in total. The van der Waals surface area contributed by atoms with Gasteiger partial charge >= 0.3 is 0 Å². The summed E-state index contributed by atoms with van der Waals surface area (Å²) in [5.41, 5.74) is 1.08. The molecule has 1 unspecified atom stereocenters. The van der Waals surface area contributed by atoms with Crippen LogP contribution in [-0.4, -0.2) is 23.5 Å². The normalized spacial score (nSPS) is 11.7. The maximum absolute atomic E-state index is 12.0. The third kappa shape index (κ3) is 4.76. The van der Waals surface area contributed by atoms with Crippen LogP contribution in [0.1, 0.15) is 12.5 Å². The average Bonchev–Trinajstić information content (AvgIpc) is 2.50. The van der Waals surface area contributed by atoms with Gasteiger partial charge in [0.05, 0.1) is 5.02 Å². The summed E-state index contributed by atoms with van der Waals surface area (Å²) in [5, 5.41) is 3.33. The number of nitrogens with zero attached hydrogens (tertiary/aromatic N) is 1. The lowest BCUT2D eigenvalue weighted by atomic mass is 10.2. The number of halogens is 1. The van der Waals surface area contributed by atoms with Crippen LogP contribution in [0, 0.1) is 0 Å². The second-order valence-electron chi connectivity index (χ2n) is 4.59. The van der Waals surface area contributed by atoms with Crippen molar-refractivity contribution < 1.29 is 9.53 Å². The van der Waals surface area contributed by atoms with Crippen molar-refractivity contribution in [3.63, 3.8) is 0 Å². The van der Waals surface area contributed by atoms with Crippen molar-refractivity contribution in [1.29, 1.82) is 0 Å². The Balaban J connectivity index is 1.79. The van der Waals surface area contributed by atoms with Crippen molar-refractivity contribution in [3.8, 4) is 5.75 Å². The van der Waals surface area contributed by atoms with Gasteiger partial charge in [0.25, 0.3) is 5.91 Å². The van der Waals surface area contributed by atoms with E-state index < -0.39 is 6.10 Å². The fourth-order valence-electron chi connectivity index (χ4n) is 1.80. The molecule has 2 rings (SSSR count). The highest BCUT2D eigenvalue weighted by molar-refractivity contribution is 6.32. The molecule has 1 aromatic heterocycles. The molecule has 0 saturated heterocycles. The largest absolute Gasteiger partial charge is 0.479 e. The fourth-order valence-corrected chi connectivity index (χ4v) is 1.98. The molecule has 1 heterocycles. The third-order valence-electron chi connectivity index (χ3n) is 2.95. The number of carbonyl (C=O) groups excluding carboxylic acids is 1. The topological polar surface area (TPSA) is 51.2 Å². The average molecular weight is 305 g/mol. The highest BCUT2D eigenvalue weighted by Gasteiger charge is 2.15. The van der Waals surface area contributed by atoms with Gasteiger partial charge in [0.15, 0.2) is 6.10 Å². The van der Waals surface area contributed by atoms with E-state index in [1.54, 1.807) is 31.5 Å². The molecule has 21 heavy (non-hydrogen) atoms. The molecule has 0 aliphatic carbocycles. The zero-order valence-corrected chi connectivity index (χ0v) is 12.5. The van der Waals surface area contributed by atoms with Crippen LogP contribution in [0.3, 0.4) is 0 Å².